The average Bonchev–Trinajstić information content (AvgIpc) is 2.42. The van der Waals surface area contributed by atoms with Crippen LogP contribution in [0.4, 0.5) is 4.79 Å². The van der Waals surface area contributed by atoms with E-state index in [1.807, 2.05) is 24.3 Å². The summed E-state index contributed by atoms with van der Waals surface area (Å²) in [6.07, 6.45) is 0.887. The second-order valence-electron chi connectivity index (χ2n) is 5.20. The molecule has 2 rings (SSSR count). The van der Waals surface area contributed by atoms with Crippen molar-refractivity contribution in [2.45, 2.75) is 12.8 Å². The number of nitrogens with zero attached hydrogens (tertiary/aromatic N) is 1. The quantitative estimate of drug-likeness (QED) is 0.829. The lowest BCUT2D eigenvalue weighted by atomic mass is 9.97. The van der Waals surface area contributed by atoms with E-state index in [2.05, 4.69) is 5.32 Å². The predicted octanol–water partition coefficient (Wildman–Crippen LogP) is 1.35. The second kappa shape index (κ2) is 6.97. The first-order valence-electron chi connectivity index (χ1n) is 6.96. The zero-order valence-electron chi connectivity index (χ0n) is 12.0. The van der Waals surface area contributed by atoms with Crippen LogP contribution in [0.3, 0.4) is 0 Å². The number of urea groups is 1. The number of likely N-dealkylation sites (tertiary alicyclic amines) is 1. The molecule has 0 bridgehead atoms. The van der Waals surface area contributed by atoms with E-state index in [4.69, 9.17) is 9.84 Å². The van der Waals surface area contributed by atoms with Gasteiger partial charge in [-0.25, -0.2) is 4.79 Å². The number of carbonyl (C=O) groups is 2. The molecule has 6 nitrogen and oxygen atoms in total. The summed E-state index contributed by atoms with van der Waals surface area (Å²) >= 11 is 0. The molecular formula is C15H20N2O4. The molecule has 2 amide bonds. The summed E-state index contributed by atoms with van der Waals surface area (Å²) in [4.78, 5) is 24.0. The Morgan fingerprint density at radius 2 is 2.00 bits per heavy atom. The third kappa shape index (κ3) is 4.37. The first-order valence-corrected chi connectivity index (χ1v) is 6.96. The highest BCUT2D eigenvalue weighted by Crippen LogP contribution is 2.18. The molecule has 1 aliphatic rings. The Labute approximate surface area is 123 Å². The maximum atomic E-state index is 11.8. The first kappa shape index (κ1) is 15.2. The molecule has 0 saturated carbocycles. The van der Waals surface area contributed by atoms with Gasteiger partial charge < -0.3 is 20.1 Å². The van der Waals surface area contributed by atoms with Crippen molar-refractivity contribution in [2.24, 2.45) is 5.92 Å². The minimum absolute atomic E-state index is 0.0924. The molecule has 1 aliphatic heterocycles. The van der Waals surface area contributed by atoms with Crippen molar-refractivity contribution >= 4 is 12.0 Å². The van der Waals surface area contributed by atoms with E-state index in [0.29, 0.717) is 19.6 Å². The van der Waals surface area contributed by atoms with Crippen molar-refractivity contribution in [3.8, 4) is 5.75 Å². The topological polar surface area (TPSA) is 78.9 Å². The lowest BCUT2D eigenvalue weighted by Gasteiger charge is -2.38. The van der Waals surface area contributed by atoms with E-state index in [9.17, 15) is 9.59 Å². The molecule has 0 spiro atoms. The van der Waals surface area contributed by atoms with Gasteiger partial charge in [-0.2, -0.15) is 0 Å². The number of nitrogens with one attached hydrogen (secondary N) is 1. The summed E-state index contributed by atoms with van der Waals surface area (Å²) in [6, 6.07) is 7.60. The van der Waals surface area contributed by atoms with Crippen LogP contribution in [0, 0.1) is 5.92 Å². The Morgan fingerprint density at radius 3 is 2.57 bits per heavy atom. The van der Waals surface area contributed by atoms with E-state index in [-0.39, 0.29) is 18.4 Å². The van der Waals surface area contributed by atoms with Gasteiger partial charge in [0.2, 0.25) is 0 Å². The third-order valence-corrected chi connectivity index (χ3v) is 3.56. The van der Waals surface area contributed by atoms with E-state index in [1.54, 1.807) is 12.0 Å². The number of methoxy groups -OCH3 is 1. The molecule has 0 radical (unpaired) electrons. The van der Waals surface area contributed by atoms with Crippen molar-refractivity contribution < 1.29 is 19.4 Å². The lowest BCUT2D eigenvalue weighted by Crippen LogP contribution is -2.54. The molecule has 0 aliphatic carbocycles. The normalized spacial score (nSPS) is 14.4. The number of rotatable bonds is 6. The van der Waals surface area contributed by atoms with E-state index in [0.717, 1.165) is 17.7 Å². The van der Waals surface area contributed by atoms with Crippen LogP contribution in [-0.4, -0.2) is 48.8 Å². The fraction of sp³-hybridized carbons (Fsp3) is 0.467. The molecule has 2 N–H and O–H groups in total. The van der Waals surface area contributed by atoms with Crippen LogP contribution in [0.2, 0.25) is 0 Å². The molecule has 0 unspecified atom stereocenters. The Hall–Kier alpha value is -2.24. The summed E-state index contributed by atoms with van der Waals surface area (Å²) in [5.41, 5.74) is 1.13. The van der Waals surface area contributed by atoms with Crippen molar-refractivity contribution in [3.63, 3.8) is 0 Å². The Kier molecular flexibility index (Phi) is 5.03. The summed E-state index contributed by atoms with van der Waals surface area (Å²) in [7, 11) is 1.62. The highest BCUT2D eigenvalue weighted by Gasteiger charge is 2.31. The molecule has 1 saturated heterocycles. The summed E-state index contributed by atoms with van der Waals surface area (Å²) < 4.78 is 5.08. The third-order valence-electron chi connectivity index (χ3n) is 3.56. The standard InChI is InChI=1S/C15H20N2O4/c1-21-13-4-2-11(3-5-13)6-7-16-15(20)17-9-12(10-17)8-14(18)19/h2-5,12H,6-10H2,1H3,(H,16,20)(H,18,19). The van der Waals surface area contributed by atoms with Crippen LogP contribution in [-0.2, 0) is 11.2 Å². The Bertz CT molecular complexity index is 495. The molecule has 1 heterocycles. The first-order chi connectivity index (χ1) is 10.1. The maximum absolute atomic E-state index is 11.8. The minimum Gasteiger partial charge on any atom is -0.497 e. The molecule has 21 heavy (non-hydrogen) atoms. The molecule has 0 atom stereocenters. The Morgan fingerprint density at radius 1 is 1.33 bits per heavy atom. The largest absolute Gasteiger partial charge is 0.497 e. The SMILES string of the molecule is COc1ccc(CCNC(=O)N2CC(CC(=O)O)C2)cc1. The van der Waals surface area contributed by atoms with Crippen molar-refractivity contribution in [1.82, 2.24) is 10.2 Å². The van der Waals surface area contributed by atoms with Gasteiger partial charge in [0, 0.05) is 25.6 Å². The predicted molar refractivity (Wildman–Crippen MR) is 77.4 cm³/mol. The average molecular weight is 292 g/mol. The number of carbonyl (C=O) groups excluding carboxylic acids is 1. The van der Waals surface area contributed by atoms with E-state index < -0.39 is 5.97 Å². The van der Waals surface area contributed by atoms with Gasteiger partial charge >= 0.3 is 12.0 Å². The molecule has 6 heteroatoms. The lowest BCUT2D eigenvalue weighted by molar-refractivity contribution is -0.139. The van der Waals surface area contributed by atoms with Crippen LogP contribution < -0.4 is 10.1 Å². The van der Waals surface area contributed by atoms with Crippen molar-refractivity contribution in [2.75, 3.05) is 26.7 Å². The number of benzene rings is 1. The fourth-order valence-corrected chi connectivity index (χ4v) is 2.33. The number of carboxylic acids is 1. The van der Waals surface area contributed by atoms with Gasteiger partial charge in [-0.15, -0.1) is 0 Å². The molecule has 114 valence electrons. The van der Waals surface area contributed by atoms with Gasteiger partial charge in [0.05, 0.1) is 13.5 Å². The summed E-state index contributed by atoms with van der Waals surface area (Å²) in [5.74, 6) is 0.0993. The number of amides is 2. The summed E-state index contributed by atoms with van der Waals surface area (Å²) in [5, 5.41) is 11.5. The number of hydrogen-bond acceptors (Lipinski definition) is 3. The minimum atomic E-state index is -0.806. The smallest absolute Gasteiger partial charge is 0.317 e. The highest BCUT2D eigenvalue weighted by atomic mass is 16.5. The maximum Gasteiger partial charge on any atom is 0.317 e. The second-order valence-corrected chi connectivity index (χ2v) is 5.20. The Balaban J connectivity index is 1.64. The fourth-order valence-electron chi connectivity index (χ4n) is 2.33. The van der Waals surface area contributed by atoms with Gasteiger partial charge in [-0.1, -0.05) is 12.1 Å². The molecule has 1 aromatic rings. The highest BCUT2D eigenvalue weighted by molar-refractivity contribution is 5.75. The molecule has 0 aromatic heterocycles. The van der Waals surface area contributed by atoms with Crippen molar-refractivity contribution in [1.29, 1.82) is 0 Å². The van der Waals surface area contributed by atoms with Crippen LogP contribution in [0.15, 0.2) is 24.3 Å². The molecule has 1 aromatic carbocycles. The van der Waals surface area contributed by atoms with Gasteiger partial charge in [0.1, 0.15) is 5.75 Å². The van der Waals surface area contributed by atoms with Gasteiger partial charge in [-0.05, 0) is 24.1 Å². The van der Waals surface area contributed by atoms with Crippen LogP contribution in [0.1, 0.15) is 12.0 Å². The monoisotopic (exact) mass is 292 g/mol. The van der Waals surface area contributed by atoms with Crippen molar-refractivity contribution in [3.05, 3.63) is 29.8 Å². The van der Waals surface area contributed by atoms with E-state index in [1.165, 1.54) is 0 Å². The van der Waals surface area contributed by atoms with Gasteiger partial charge in [0.15, 0.2) is 0 Å². The zero-order chi connectivity index (χ0) is 15.2. The van der Waals surface area contributed by atoms with Gasteiger partial charge in [0.25, 0.3) is 0 Å². The van der Waals surface area contributed by atoms with Gasteiger partial charge in [-0.3, -0.25) is 4.79 Å². The van der Waals surface area contributed by atoms with E-state index >= 15 is 0 Å². The summed E-state index contributed by atoms with van der Waals surface area (Å²) in [6.45, 7) is 1.62. The van der Waals surface area contributed by atoms with Crippen LogP contribution >= 0.6 is 0 Å². The zero-order valence-corrected chi connectivity index (χ0v) is 12.0. The van der Waals surface area contributed by atoms with Crippen LogP contribution in [0.5, 0.6) is 5.75 Å². The number of aliphatic carboxylic acids is 1. The molecule has 1 fully saturated rings. The number of carboxylic acid groups (broad SMARTS) is 1. The number of ether oxygens (including phenoxy) is 1. The van der Waals surface area contributed by atoms with Crippen LogP contribution in [0.25, 0.3) is 0 Å². The number of hydrogen-bond donors (Lipinski definition) is 2. The molecular weight excluding hydrogens is 272 g/mol.